The van der Waals surface area contributed by atoms with E-state index in [1.54, 1.807) is 13.8 Å². The largest absolute Gasteiger partial charge is 0.407 e. The zero-order valence-corrected chi connectivity index (χ0v) is 5.87. The Morgan fingerprint density at radius 2 is 2.20 bits per heavy atom. The summed E-state index contributed by atoms with van der Waals surface area (Å²) in [5.74, 6) is -0.796. The first-order valence-electron chi connectivity index (χ1n) is 2.77. The predicted octanol–water partition coefficient (Wildman–Crippen LogP) is -0.111. The zero-order valence-electron chi connectivity index (χ0n) is 5.87. The number of carbonyl (C=O) groups is 1. The van der Waals surface area contributed by atoms with Crippen LogP contribution in [-0.4, -0.2) is 17.2 Å². The van der Waals surface area contributed by atoms with Gasteiger partial charge in [-0.25, -0.2) is 0 Å². The van der Waals surface area contributed by atoms with Crippen molar-refractivity contribution in [2.45, 2.75) is 13.8 Å². The first-order valence-corrected chi connectivity index (χ1v) is 2.77. The fraction of sp³-hybridized carbons (Fsp3) is 0.600. The summed E-state index contributed by atoms with van der Waals surface area (Å²) >= 11 is 0. The van der Waals surface area contributed by atoms with Crippen LogP contribution in [0.15, 0.2) is 5.16 Å². The third kappa shape index (κ3) is 2.91. The molecule has 0 spiro atoms. The molecule has 3 N–H and O–H groups in total. The van der Waals surface area contributed by atoms with Crippen molar-refractivity contribution in [1.82, 2.24) is 0 Å². The molecule has 0 rings (SSSR count). The van der Waals surface area contributed by atoms with Gasteiger partial charge < -0.3 is 15.7 Å². The van der Waals surface area contributed by atoms with Crippen LogP contribution in [0.1, 0.15) is 13.8 Å². The third-order valence-electron chi connectivity index (χ3n) is 0.775. The van der Waals surface area contributed by atoms with Crippen LogP contribution in [0.4, 0.5) is 0 Å². The van der Waals surface area contributed by atoms with Crippen molar-refractivity contribution in [3.05, 3.63) is 0 Å². The van der Waals surface area contributed by atoms with Gasteiger partial charge in [0.2, 0.25) is 0 Å². The Morgan fingerprint density at radius 1 is 1.70 bits per heavy atom. The van der Waals surface area contributed by atoms with Crippen molar-refractivity contribution in [3.8, 4) is 0 Å². The highest BCUT2D eigenvalue weighted by Crippen LogP contribution is 1.94. The van der Waals surface area contributed by atoms with Crippen LogP contribution < -0.4 is 5.73 Å². The highest BCUT2D eigenvalue weighted by molar-refractivity contribution is 5.86. The Labute approximate surface area is 58.5 Å². The molecule has 0 aliphatic rings. The molecule has 0 atom stereocenters. The minimum Gasteiger partial charge on any atom is -0.407 e. The van der Waals surface area contributed by atoms with Gasteiger partial charge in [-0.2, -0.15) is 0 Å². The van der Waals surface area contributed by atoms with Crippen LogP contribution in [0.3, 0.4) is 0 Å². The highest BCUT2D eigenvalue weighted by Gasteiger charge is 2.09. The molecule has 58 valence electrons. The Kier molecular flexibility index (Phi) is 3.24. The molecule has 10 heavy (non-hydrogen) atoms. The van der Waals surface area contributed by atoms with Gasteiger partial charge in [0, 0.05) is 0 Å². The van der Waals surface area contributed by atoms with Gasteiger partial charge in [0.1, 0.15) is 0 Å². The van der Waals surface area contributed by atoms with E-state index in [0.29, 0.717) is 0 Å². The smallest absolute Gasteiger partial charge is 0.328 e. The molecular formula is C5H10N2O3. The summed E-state index contributed by atoms with van der Waals surface area (Å²) < 4.78 is 4.30. The zero-order chi connectivity index (χ0) is 8.15. The number of rotatable bonds is 1. The van der Waals surface area contributed by atoms with E-state index in [9.17, 15) is 4.79 Å². The summed E-state index contributed by atoms with van der Waals surface area (Å²) in [6.07, 6.45) is 0. The number of oxime groups is 1. The molecule has 0 amide bonds. The molecule has 0 saturated carbocycles. The maximum Gasteiger partial charge on any atom is 0.328 e. The monoisotopic (exact) mass is 146 g/mol. The van der Waals surface area contributed by atoms with Gasteiger partial charge >= 0.3 is 12.0 Å². The number of amidine groups is 1. The third-order valence-corrected chi connectivity index (χ3v) is 0.775. The molecule has 0 aromatic heterocycles. The minimum atomic E-state index is -0.529. The maximum atomic E-state index is 10.6. The standard InChI is InChI=1S/C5H10N2O3/c1-3(2)4(8)10-5(6)7-9/h3,9H,1-2H3,(H2,6,7). The van der Waals surface area contributed by atoms with Crippen LogP contribution in [0.2, 0.25) is 0 Å². The lowest BCUT2D eigenvalue weighted by Gasteiger charge is -2.02. The molecule has 0 unspecified atom stereocenters. The minimum absolute atomic E-state index is 0.278. The number of hydrogen-bond donors (Lipinski definition) is 2. The van der Waals surface area contributed by atoms with Gasteiger partial charge in [0.25, 0.3) is 0 Å². The normalized spacial score (nSPS) is 11.7. The predicted molar refractivity (Wildman–Crippen MR) is 34.3 cm³/mol. The van der Waals surface area contributed by atoms with Crippen molar-refractivity contribution in [2.75, 3.05) is 0 Å². The Balaban J connectivity index is 3.81. The summed E-state index contributed by atoms with van der Waals surface area (Å²) in [6.45, 7) is 3.29. The Morgan fingerprint density at radius 3 is 2.50 bits per heavy atom. The Bertz CT molecular complexity index is 153. The second-order valence-corrected chi connectivity index (χ2v) is 2.01. The van der Waals surface area contributed by atoms with Gasteiger partial charge in [-0.15, -0.1) is 0 Å². The summed E-state index contributed by atoms with van der Waals surface area (Å²) in [6, 6.07) is -0.529. The number of nitrogens with two attached hydrogens (primary N) is 1. The number of carbonyl (C=O) groups excluding carboxylic acids is 1. The average molecular weight is 146 g/mol. The molecule has 0 fully saturated rings. The van der Waals surface area contributed by atoms with Crippen LogP contribution in [0.25, 0.3) is 0 Å². The lowest BCUT2D eigenvalue weighted by Crippen LogP contribution is -2.23. The van der Waals surface area contributed by atoms with Gasteiger partial charge in [-0.3, -0.25) is 4.79 Å². The fourth-order valence-electron chi connectivity index (χ4n) is 0.241. The summed E-state index contributed by atoms with van der Waals surface area (Å²) in [5, 5.41) is 10.4. The van der Waals surface area contributed by atoms with E-state index in [0.717, 1.165) is 0 Å². The fourth-order valence-corrected chi connectivity index (χ4v) is 0.241. The summed E-state index contributed by atoms with van der Waals surface area (Å²) in [4.78, 5) is 10.6. The van der Waals surface area contributed by atoms with Crippen molar-refractivity contribution in [3.63, 3.8) is 0 Å². The van der Waals surface area contributed by atoms with E-state index in [1.807, 2.05) is 0 Å². The van der Waals surface area contributed by atoms with E-state index < -0.39 is 12.0 Å². The average Bonchev–Trinajstić information content (AvgIpc) is 1.87. The summed E-state index contributed by atoms with van der Waals surface area (Å²) in [5.41, 5.74) is 4.87. The van der Waals surface area contributed by atoms with E-state index in [4.69, 9.17) is 10.9 Å². The van der Waals surface area contributed by atoms with Gasteiger partial charge in [-0.05, 0) is 5.16 Å². The summed E-state index contributed by atoms with van der Waals surface area (Å²) in [7, 11) is 0. The number of ether oxygens (including phenoxy) is 1. The first-order chi connectivity index (χ1) is 4.57. The highest BCUT2D eigenvalue weighted by atomic mass is 16.6. The van der Waals surface area contributed by atoms with E-state index in [-0.39, 0.29) is 5.92 Å². The molecular weight excluding hydrogens is 136 g/mol. The van der Waals surface area contributed by atoms with Crippen molar-refractivity contribution in [1.29, 1.82) is 0 Å². The van der Waals surface area contributed by atoms with Crippen LogP contribution in [-0.2, 0) is 9.53 Å². The Hall–Kier alpha value is -1.26. The maximum absolute atomic E-state index is 10.6. The van der Waals surface area contributed by atoms with Crippen LogP contribution >= 0.6 is 0 Å². The molecule has 0 aliphatic heterocycles. The molecule has 0 bridgehead atoms. The van der Waals surface area contributed by atoms with Gasteiger partial charge in [0.15, 0.2) is 0 Å². The van der Waals surface area contributed by atoms with Crippen molar-refractivity contribution < 1.29 is 14.7 Å². The first kappa shape index (κ1) is 8.74. The molecule has 5 heteroatoms. The second-order valence-electron chi connectivity index (χ2n) is 2.01. The van der Waals surface area contributed by atoms with Gasteiger partial charge in [0.05, 0.1) is 5.92 Å². The molecule has 0 aromatic carbocycles. The second kappa shape index (κ2) is 3.71. The molecule has 0 radical (unpaired) electrons. The SMILES string of the molecule is CC(C)C(=O)O/C(N)=N\O. The lowest BCUT2D eigenvalue weighted by molar-refractivity contribution is -0.139. The molecule has 0 saturated heterocycles. The van der Waals surface area contributed by atoms with E-state index in [1.165, 1.54) is 0 Å². The topological polar surface area (TPSA) is 84.9 Å². The number of nitrogens with zero attached hydrogens (tertiary/aromatic N) is 1. The van der Waals surface area contributed by atoms with E-state index >= 15 is 0 Å². The van der Waals surface area contributed by atoms with Crippen molar-refractivity contribution in [2.24, 2.45) is 16.8 Å². The number of hydrogen-bond acceptors (Lipinski definition) is 4. The van der Waals surface area contributed by atoms with Crippen LogP contribution in [0.5, 0.6) is 0 Å². The van der Waals surface area contributed by atoms with E-state index in [2.05, 4.69) is 9.89 Å². The molecule has 0 aromatic rings. The molecule has 0 heterocycles. The number of esters is 1. The molecule has 5 nitrogen and oxygen atoms in total. The molecule has 0 aliphatic carbocycles. The quantitative estimate of drug-likeness (QED) is 0.178. The van der Waals surface area contributed by atoms with Gasteiger partial charge in [-0.1, -0.05) is 13.8 Å². The van der Waals surface area contributed by atoms with Crippen LogP contribution in [0, 0.1) is 5.92 Å². The lowest BCUT2D eigenvalue weighted by atomic mass is 10.2. The van der Waals surface area contributed by atoms with Crippen molar-refractivity contribution >= 4 is 12.0 Å².